The smallest absolute Gasteiger partial charge is 0.255 e. The van der Waals surface area contributed by atoms with Gasteiger partial charge in [0.05, 0.1) is 12.8 Å². The topological polar surface area (TPSA) is 55.6 Å². The molecule has 28 heavy (non-hydrogen) atoms. The Bertz CT molecular complexity index is 1180. The molecule has 1 amide bonds. The molecule has 4 aromatic rings. The second-order valence-corrected chi connectivity index (χ2v) is 6.81. The maximum atomic E-state index is 12.7. The van der Waals surface area contributed by atoms with Crippen LogP contribution in [0.1, 0.15) is 21.5 Å². The standard InChI is InChI=1S/C23H21N3O2/c1-15-9-10-26-14-21(24-22(26)11-15)17-8-7-16(2)20(13-17)25-23(27)18-5-4-6-19(12-18)28-3/h4-14H,1-3H3,(H,25,27). The number of methoxy groups -OCH3 is 1. The van der Waals surface area contributed by atoms with Gasteiger partial charge in [0.2, 0.25) is 0 Å². The molecule has 0 bridgehead atoms. The number of hydrogen-bond acceptors (Lipinski definition) is 3. The maximum Gasteiger partial charge on any atom is 0.255 e. The van der Waals surface area contributed by atoms with Gasteiger partial charge in [-0.3, -0.25) is 4.79 Å². The van der Waals surface area contributed by atoms with Gasteiger partial charge in [0, 0.05) is 29.2 Å². The highest BCUT2D eigenvalue weighted by atomic mass is 16.5. The third kappa shape index (κ3) is 3.47. The van der Waals surface area contributed by atoms with Crippen molar-refractivity contribution >= 4 is 17.2 Å². The van der Waals surface area contributed by atoms with Gasteiger partial charge < -0.3 is 14.5 Å². The van der Waals surface area contributed by atoms with Crippen LogP contribution >= 0.6 is 0 Å². The van der Waals surface area contributed by atoms with E-state index in [1.165, 1.54) is 5.56 Å². The molecule has 0 atom stereocenters. The van der Waals surface area contributed by atoms with E-state index in [9.17, 15) is 4.79 Å². The van der Waals surface area contributed by atoms with E-state index in [1.807, 2.05) is 67.0 Å². The second kappa shape index (κ2) is 7.19. The first-order chi connectivity index (χ1) is 13.5. The molecule has 2 heterocycles. The van der Waals surface area contributed by atoms with Crippen molar-refractivity contribution in [3.05, 3.63) is 83.7 Å². The molecule has 5 heteroatoms. The summed E-state index contributed by atoms with van der Waals surface area (Å²) in [6, 6.07) is 17.2. The fourth-order valence-electron chi connectivity index (χ4n) is 3.10. The molecule has 0 fully saturated rings. The van der Waals surface area contributed by atoms with Crippen LogP contribution in [-0.2, 0) is 0 Å². The van der Waals surface area contributed by atoms with Gasteiger partial charge in [-0.1, -0.05) is 18.2 Å². The van der Waals surface area contributed by atoms with Gasteiger partial charge in [-0.25, -0.2) is 4.98 Å². The van der Waals surface area contributed by atoms with Crippen LogP contribution in [0.5, 0.6) is 5.75 Å². The number of benzene rings is 2. The Morgan fingerprint density at radius 3 is 2.75 bits per heavy atom. The quantitative estimate of drug-likeness (QED) is 0.556. The van der Waals surface area contributed by atoms with Gasteiger partial charge in [-0.2, -0.15) is 0 Å². The van der Waals surface area contributed by atoms with E-state index in [2.05, 4.69) is 5.32 Å². The van der Waals surface area contributed by atoms with Crippen molar-refractivity contribution in [2.75, 3.05) is 12.4 Å². The molecule has 0 aliphatic rings. The molecule has 0 unspecified atom stereocenters. The van der Waals surface area contributed by atoms with Gasteiger partial charge in [0.25, 0.3) is 5.91 Å². The van der Waals surface area contributed by atoms with Crippen molar-refractivity contribution in [3.8, 4) is 17.0 Å². The SMILES string of the molecule is COc1cccc(C(=O)Nc2cc(-c3cn4ccc(C)cc4n3)ccc2C)c1. The number of pyridine rings is 1. The highest BCUT2D eigenvalue weighted by Crippen LogP contribution is 2.26. The molecule has 2 aromatic carbocycles. The van der Waals surface area contributed by atoms with E-state index in [-0.39, 0.29) is 5.91 Å². The predicted octanol–water partition coefficient (Wildman–Crippen LogP) is 4.88. The van der Waals surface area contributed by atoms with Gasteiger partial charge in [0.1, 0.15) is 11.4 Å². The zero-order valence-corrected chi connectivity index (χ0v) is 16.1. The Kier molecular flexibility index (Phi) is 4.57. The average molecular weight is 371 g/mol. The number of aromatic nitrogens is 2. The molecule has 0 radical (unpaired) electrons. The number of rotatable bonds is 4. The zero-order valence-electron chi connectivity index (χ0n) is 16.1. The van der Waals surface area contributed by atoms with E-state index < -0.39 is 0 Å². The third-order valence-electron chi connectivity index (χ3n) is 4.73. The van der Waals surface area contributed by atoms with Crippen molar-refractivity contribution in [3.63, 3.8) is 0 Å². The summed E-state index contributed by atoms with van der Waals surface area (Å²) in [6.45, 7) is 4.02. The first-order valence-corrected chi connectivity index (χ1v) is 9.05. The number of hydrogen-bond donors (Lipinski definition) is 1. The molecule has 0 saturated carbocycles. The van der Waals surface area contributed by atoms with Crippen LogP contribution < -0.4 is 10.1 Å². The molecule has 0 saturated heterocycles. The normalized spacial score (nSPS) is 10.8. The fourth-order valence-corrected chi connectivity index (χ4v) is 3.10. The van der Waals surface area contributed by atoms with Crippen LogP contribution in [0.3, 0.4) is 0 Å². The lowest BCUT2D eigenvalue weighted by atomic mass is 10.1. The largest absolute Gasteiger partial charge is 0.497 e. The molecular weight excluding hydrogens is 350 g/mol. The van der Waals surface area contributed by atoms with E-state index in [4.69, 9.17) is 9.72 Å². The summed E-state index contributed by atoms with van der Waals surface area (Å²) >= 11 is 0. The minimum Gasteiger partial charge on any atom is -0.497 e. The summed E-state index contributed by atoms with van der Waals surface area (Å²) in [6.07, 6.45) is 3.99. The van der Waals surface area contributed by atoms with E-state index in [1.54, 1.807) is 25.3 Å². The van der Waals surface area contributed by atoms with Crippen molar-refractivity contribution < 1.29 is 9.53 Å². The van der Waals surface area contributed by atoms with E-state index >= 15 is 0 Å². The summed E-state index contributed by atoms with van der Waals surface area (Å²) in [4.78, 5) is 17.4. The van der Waals surface area contributed by atoms with Crippen LogP contribution in [0.4, 0.5) is 5.69 Å². The lowest BCUT2D eigenvalue weighted by Gasteiger charge is -2.10. The highest BCUT2D eigenvalue weighted by Gasteiger charge is 2.11. The minimum absolute atomic E-state index is 0.176. The number of aryl methyl sites for hydroxylation is 2. The van der Waals surface area contributed by atoms with Gasteiger partial charge in [-0.05, 0) is 61.4 Å². The molecular formula is C23H21N3O2. The Labute approximate surface area is 163 Å². The van der Waals surface area contributed by atoms with Crippen LogP contribution in [0.15, 0.2) is 67.0 Å². The molecule has 4 rings (SSSR count). The van der Waals surface area contributed by atoms with Crippen molar-refractivity contribution in [2.45, 2.75) is 13.8 Å². The predicted molar refractivity (Wildman–Crippen MR) is 111 cm³/mol. The maximum absolute atomic E-state index is 12.7. The zero-order chi connectivity index (χ0) is 19.7. The lowest BCUT2D eigenvalue weighted by Crippen LogP contribution is -2.12. The molecule has 140 valence electrons. The number of ether oxygens (including phenoxy) is 1. The highest BCUT2D eigenvalue weighted by molar-refractivity contribution is 6.05. The van der Waals surface area contributed by atoms with Crippen molar-refractivity contribution in [2.24, 2.45) is 0 Å². The second-order valence-electron chi connectivity index (χ2n) is 6.81. The number of carbonyl (C=O) groups is 1. The molecule has 0 spiro atoms. The summed E-state index contributed by atoms with van der Waals surface area (Å²) in [7, 11) is 1.58. The Morgan fingerprint density at radius 1 is 1.07 bits per heavy atom. The number of anilines is 1. The van der Waals surface area contributed by atoms with E-state index in [0.717, 1.165) is 28.2 Å². The fraction of sp³-hybridized carbons (Fsp3) is 0.130. The van der Waals surface area contributed by atoms with Gasteiger partial charge >= 0.3 is 0 Å². The molecule has 0 aliphatic heterocycles. The van der Waals surface area contributed by atoms with Crippen molar-refractivity contribution in [1.82, 2.24) is 9.38 Å². The van der Waals surface area contributed by atoms with E-state index in [0.29, 0.717) is 11.3 Å². The Hall–Kier alpha value is -3.60. The number of amides is 1. The monoisotopic (exact) mass is 371 g/mol. The molecule has 5 nitrogen and oxygen atoms in total. The third-order valence-corrected chi connectivity index (χ3v) is 4.73. The number of nitrogens with zero attached hydrogens (tertiary/aromatic N) is 2. The number of fused-ring (bicyclic) bond motifs is 1. The summed E-state index contributed by atoms with van der Waals surface area (Å²) in [5, 5.41) is 3.00. The first kappa shape index (κ1) is 17.8. The van der Waals surface area contributed by atoms with Crippen LogP contribution in [-0.4, -0.2) is 22.4 Å². The summed E-state index contributed by atoms with van der Waals surface area (Å²) in [5.74, 6) is 0.475. The Balaban J connectivity index is 1.65. The van der Waals surface area contributed by atoms with Crippen LogP contribution in [0, 0.1) is 13.8 Å². The molecule has 2 aromatic heterocycles. The lowest BCUT2D eigenvalue weighted by molar-refractivity contribution is 0.102. The van der Waals surface area contributed by atoms with Crippen molar-refractivity contribution in [1.29, 1.82) is 0 Å². The van der Waals surface area contributed by atoms with Gasteiger partial charge in [0.15, 0.2) is 0 Å². The van der Waals surface area contributed by atoms with Gasteiger partial charge in [-0.15, -0.1) is 0 Å². The molecule has 0 aliphatic carbocycles. The Morgan fingerprint density at radius 2 is 1.93 bits per heavy atom. The summed E-state index contributed by atoms with van der Waals surface area (Å²) < 4.78 is 7.20. The number of carbonyl (C=O) groups excluding carboxylic acids is 1. The van der Waals surface area contributed by atoms with Crippen LogP contribution in [0.2, 0.25) is 0 Å². The minimum atomic E-state index is -0.176. The first-order valence-electron chi connectivity index (χ1n) is 9.05. The average Bonchev–Trinajstić information content (AvgIpc) is 3.12. The van der Waals surface area contributed by atoms with Crippen LogP contribution in [0.25, 0.3) is 16.9 Å². The summed E-state index contributed by atoms with van der Waals surface area (Å²) in [5.41, 5.74) is 6.18. The number of nitrogens with one attached hydrogen (secondary N) is 1. The number of imidazole rings is 1. The molecule has 1 N–H and O–H groups in total.